The summed E-state index contributed by atoms with van der Waals surface area (Å²) in [5.41, 5.74) is -0.658. The van der Waals surface area contributed by atoms with Crippen LogP contribution in [-0.2, 0) is 16.0 Å². The molecule has 7 nitrogen and oxygen atoms in total. The van der Waals surface area contributed by atoms with Crippen LogP contribution in [0.2, 0.25) is 0 Å². The molecule has 11 atom stereocenters. The molecule has 11 unspecified atom stereocenters. The SMILES string of the molecule is CC12CCC3C(C)(C)C(OC(=O)CCc4ccc(O)c(O)c4)CCC3(C)C1CCC1C(O)(CCC3C(C)(CO)C(O)CCC13C)C2. The maximum atomic E-state index is 13.1. The van der Waals surface area contributed by atoms with Crippen LogP contribution in [-0.4, -0.2) is 55.9 Å². The first-order valence-electron chi connectivity index (χ1n) is 18.1. The lowest BCUT2D eigenvalue weighted by Gasteiger charge is -2.65. The van der Waals surface area contributed by atoms with Gasteiger partial charge in [0.25, 0.3) is 0 Å². The maximum absolute atomic E-state index is 13.1. The number of carbonyl (C=O) groups is 1. The van der Waals surface area contributed by atoms with E-state index in [4.69, 9.17) is 4.74 Å². The van der Waals surface area contributed by atoms with Gasteiger partial charge in [-0.1, -0.05) is 47.6 Å². The number of hydrogen-bond acceptors (Lipinski definition) is 7. The van der Waals surface area contributed by atoms with Gasteiger partial charge in [0.2, 0.25) is 0 Å². The van der Waals surface area contributed by atoms with Gasteiger partial charge in [-0.2, -0.15) is 0 Å². The summed E-state index contributed by atoms with van der Waals surface area (Å²) >= 11 is 0. The summed E-state index contributed by atoms with van der Waals surface area (Å²) in [6, 6.07) is 4.67. The monoisotopic (exact) mass is 640 g/mol. The Hall–Kier alpha value is -1.83. The molecule has 0 saturated heterocycles. The number of aliphatic hydroxyl groups is 3. The number of ether oxygens (including phenoxy) is 1. The van der Waals surface area contributed by atoms with Crippen molar-refractivity contribution in [3.8, 4) is 11.5 Å². The summed E-state index contributed by atoms with van der Waals surface area (Å²) in [6.45, 7) is 14.0. The molecule has 5 fully saturated rings. The number of aryl methyl sites for hydroxylation is 1. The highest BCUT2D eigenvalue weighted by Gasteiger charge is 2.68. The van der Waals surface area contributed by atoms with Gasteiger partial charge in [-0.3, -0.25) is 4.79 Å². The molecule has 0 aliphatic heterocycles. The molecule has 0 spiro atoms. The van der Waals surface area contributed by atoms with Crippen molar-refractivity contribution in [2.24, 2.45) is 50.7 Å². The van der Waals surface area contributed by atoms with Crippen LogP contribution in [0.3, 0.4) is 0 Å². The topological polar surface area (TPSA) is 127 Å². The van der Waals surface area contributed by atoms with E-state index in [-0.39, 0.29) is 70.1 Å². The Kier molecular flexibility index (Phi) is 8.42. The van der Waals surface area contributed by atoms with Crippen LogP contribution in [0.1, 0.15) is 124 Å². The Labute approximate surface area is 276 Å². The summed E-state index contributed by atoms with van der Waals surface area (Å²) in [5.74, 6) is 0.655. The molecular weight excluding hydrogens is 580 g/mol. The van der Waals surface area contributed by atoms with Crippen molar-refractivity contribution in [2.45, 2.75) is 143 Å². The predicted octanol–water partition coefficient (Wildman–Crippen LogP) is 6.90. The van der Waals surface area contributed by atoms with Gasteiger partial charge < -0.3 is 30.3 Å². The minimum absolute atomic E-state index is 0.0130. The van der Waals surface area contributed by atoms with Crippen molar-refractivity contribution in [1.82, 2.24) is 0 Å². The Morgan fingerprint density at radius 2 is 1.46 bits per heavy atom. The Morgan fingerprint density at radius 3 is 2.15 bits per heavy atom. The zero-order chi connectivity index (χ0) is 33.5. The predicted molar refractivity (Wildman–Crippen MR) is 177 cm³/mol. The third-order valence-corrected chi connectivity index (χ3v) is 15.5. The van der Waals surface area contributed by atoms with Crippen LogP contribution in [0.5, 0.6) is 11.5 Å². The molecule has 5 aliphatic rings. The molecular formula is C39H60O7. The van der Waals surface area contributed by atoms with E-state index in [9.17, 15) is 30.3 Å². The van der Waals surface area contributed by atoms with Crippen molar-refractivity contribution in [3.63, 3.8) is 0 Å². The van der Waals surface area contributed by atoms with Crippen LogP contribution in [0, 0.1) is 50.7 Å². The third-order valence-electron chi connectivity index (χ3n) is 15.5. The average molecular weight is 641 g/mol. The summed E-state index contributed by atoms with van der Waals surface area (Å²) < 4.78 is 6.23. The summed E-state index contributed by atoms with van der Waals surface area (Å²) in [7, 11) is 0. The zero-order valence-corrected chi connectivity index (χ0v) is 29.1. The fraction of sp³-hybridized carbons (Fsp3) is 0.821. The number of fused-ring (bicyclic) bond motifs is 6. The maximum Gasteiger partial charge on any atom is 0.306 e. The number of aliphatic hydroxyl groups excluding tert-OH is 2. The van der Waals surface area contributed by atoms with Gasteiger partial charge >= 0.3 is 5.97 Å². The van der Waals surface area contributed by atoms with E-state index in [1.54, 1.807) is 6.07 Å². The van der Waals surface area contributed by atoms with Gasteiger partial charge in [0.05, 0.1) is 18.3 Å². The quantitative estimate of drug-likeness (QED) is 0.175. The fourth-order valence-electron chi connectivity index (χ4n) is 13.2. The van der Waals surface area contributed by atoms with Crippen LogP contribution >= 0.6 is 0 Å². The summed E-state index contributed by atoms with van der Waals surface area (Å²) in [5, 5.41) is 53.6. The molecule has 258 valence electrons. The normalized spacial score (nSPS) is 46.5. The third kappa shape index (κ3) is 5.12. The van der Waals surface area contributed by atoms with Crippen molar-refractivity contribution >= 4 is 5.97 Å². The molecule has 5 saturated carbocycles. The molecule has 7 heteroatoms. The van der Waals surface area contributed by atoms with Crippen LogP contribution in [0.15, 0.2) is 18.2 Å². The summed E-state index contributed by atoms with van der Waals surface area (Å²) in [4.78, 5) is 13.1. The van der Waals surface area contributed by atoms with Gasteiger partial charge in [-0.15, -0.1) is 0 Å². The average Bonchev–Trinajstić information content (AvgIpc) is 3.11. The molecule has 0 amide bonds. The van der Waals surface area contributed by atoms with E-state index in [2.05, 4.69) is 41.5 Å². The molecule has 5 aliphatic carbocycles. The molecule has 46 heavy (non-hydrogen) atoms. The van der Waals surface area contributed by atoms with Crippen molar-refractivity contribution in [1.29, 1.82) is 0 Å². The van der Waals surface area contributed by atoms with Crippen LogP contribution in [0.4, 0.5) is 0 Å². The standard InChI is InChI=1S/C39H60O7/c1-34(2)27-13-17-35(3)22-39(45)20-14-29-37(5,18-15-31(43)38(29,6)23-40)30(39)11-10-28(35)36(27,4)19-16-32(34)46-33(44)12-8-24-7-9-25(41)26(42)21-24/h7,9,21,27-32,40-43,45H,8,10-20,22-23H2,1-6H3. The van der Waals surface area contributed by atoms with E-state index in [1.807, 2.05) is 0 Å². The van der Waals surface area contributed by atoms with E-state index in [0.717, 1.165) is 69.8 Å². The van der Waals surface area contributed by atoms with Crippen molar-refractivity contribution in [2.75, 3.05) is 6.61 Å². The number of esters is 1. The van der Waals surface area contributed by atoms with Gasteiger partial charge in [-0.25, -0.2) is 0 Å². The van der Waals surface area contributed by atoms with E-state index in [1.165, 1.54) is 12.1 Å². The first-order valence-corrected chi connectivity index (χ1v) is 18.1. The van der Waals surface area contributed by atoms with E-state index >= 15 is 0 Å². The highest BCUT2D eigenvalue weighted by Crippen LogP contribution is 2.72. The number of rotatable bonds is 5. The Morgan fingerprint density at radius 1 is 0.804 bits per heavy atom. The van der Waals surface area contributed by atoms with Gasteiger partial charge in [-0.05, 0) is 135 Å². The Balaban J connectivity index is 1.20. The smallest absolute Gasteiger partial charge is 0.306 e. The fourth-order valence-corrected chi connectivity index (χ4v) is 13.2. The highest BCUT2D eigenvalue weighted by atomic mass is 16.5. The molecule has 0 bridgehead atoms. The molecule has 1 aromatic carbocycles. The molecule has 0 aromatic heterocycles. The molecule has 0 radical (unpaired) electrons. The van der Waals surface area contributed by atoms with Gasteiger partial charge in [0, 0.05) is 17.3 Å². The zero-order valence-electron chi connectivity index (χ0n) is 29.1. The number of benzene rings is 1. The number of phenols is 2. The molecule has 5 N–H and O–H groups in total. The number of carbonyl (C=O) groups excluding carboxylic acids is 1. The lowest BCUT2D eigenvalue weighted by molar-refractivity contribution is -0.223. The lowest BCUT2D eigenvalue weighted by Crippen LogP contribution is -2.63. The second-order valence-electron chi connectivity index (χ2n) is 18.2. The number of phenolic OH excluding ortho intramolecular Hbond substituents is 2. The molecule has 1 aromatic rings. The number of hydrogen-bond donors (Lipinski definition) is 5. The minimum atomic E-state index is -0.729. The largest absolute Gasteiger partial charge is 0.504 e. The number of aromatic hydroxyl groups is 2. The van der Waals surface area contributed by atoms with Crippen molar-refractivity contribution < 1.29 is 35.1 Å². The van der Waals surface area contributed by atoms with E-state index < -0.39 is 17.1 Å². The minimum Gasteiger partial charge on any atom is -0.504 e. The molecule has 0 heterocycles. The van der Waals surface area contributed by atoms with Crippen molar-refractivity contribution in [3.05, 3.63) is 23.8 Å². The second-order valence-corrected chi connectivity index (χ2v) is 18.2. The Bertz CT molecular complexity index is 1330. The van der Waals surface area contributed by atoms with Gasteiger partial charge in [0.1, 0.15) is 6.10 Å². The second kappa shape index (κ2) is 11.4. The highest BCUT2D eigenvalue weighted by molar-refractivity contribution is 5.70. The van der Waals surface area contributed by atoms with E-state index in [0.29, 0.717) is 24.7 Å². The molecule has 6 rings (SSSR count). The van der Waals surface area contributed by atoms with Gasteiger partial charge in [0.15, 0.2) is 11.5 Å². The first-order chi connectivity index (χ1) is 21.4. The van der Waals surface area contributed by atoms with Crippen LogP contribution in [0.25, 0.3) is 0 Å². The lowest BCUT2D eigenvalue weighted by atomic mass is 9.41. The van der Waals surface area contributed by atoms with Crippen LogP contribution < -0.4 is 0 Å². The first kappa shape index (κ1) is 34.0. The summed E-state index contributed by atoms with van der Waals surface area (Å²) in [6.07, 6.45) is 10.0.